The maximum atomic E-state index is 10.1. The lowest BCUT2D eigenvalue weighted by molar-refractivity contribution is -0.145. The Bertz CT molecular complexity index is 253. The zero-order valence-corrected chi connectivity index (χ0v) is 8.89. The molecule has 6 heteroatoms. The zero-order valence-electron chi connectivity index (χ0n) is 8.89. The molecule has 0 fully saturated rings. The molecule has 0 rings (SSSR count). The van der Waals surface area contributed by atoms with Gasteiger partial charge >= 0.3 is 11.9 Å². The number of aliphatic hydroxyl groups excluding tert-OH is 2. The van der Waals surface area contributed by atoms with E-state index in [1.807, 2.05) is 0 Å². The van der Waals surface area contributed by atoms with E-state index in [1.54, 1.807) is 6.92 Å². The molecular weight excluding hydrogens is 204 g/mol. The highest BCUT2D eigenvalue weighted by molar-refractivity contribution is 5.86. The maximum Gasteiger partial charge on any atom is 0.334 e. The first-order chi connectivity index (χ1) is 6.73. The molecule has 0 aromatic heterocycles. The Kier molecular flexibility index (Phi) is 8.27. The highest BCUT2D eigenvalue weighted by Gasteiger charge is 2.04. The van der Waals surface area contributed by atoms with Crippen LogP contribution >= 0.6 is 0 Å². The Morgan fingerprint density at radius 2 is 1.53 bits per heavy atom. The van der Waals surface area contributed by atoms with E-state index in [0.29, 0.717) is 6.42 Å². The lowest BCUT2D eigenvalue weighted by atomic mass is 10.2. The van der Waals surface area contributed by atoms with E-state index < -0.39 is 18.0 Å². The van der Waals surface area contributed by atoms with Gasteiger partial charge in [0.15, 0.2) is 0 Å². The number of carbonyl (C=O) groups is 2. The number of allylic oxidation sites excluding steroid dienone is 1. The average molecular weight is 220 g/mol. The minimum Gasteiger partial charge on any atom is -0.512 e. The quantitative estimate of drug-likeness (QED) is 0.412. The van der Waals surface area contributed by atoms with E-state index in [9.17, 15) is 9.59 Å². The minimum absolute atomic E-state index is 0.0255. The van der Waals surface area contributed by atoms with Crippen LogP contribution in [0.4, 0.5) is 0 Å². The van der Waals surface area contributed by atoms with Crippen LogP contribution in [0.25, 0.3) is 0 Å². The molecule has 0 heterocycles. The smallest absolute Gasteiger partial charge is 0.334 e. The van der Waals surface area contributed by atoms with Gasteiger partial charge < -0.3 is 20.4 Å². The molecular formula is C9H16O6. The number of carboxylic acid groups (broad SMARTS) is 2. The second-order valence-electron chi connectivity index (χ2n) is 2.74. The molecule has 0 aromatic rings. The Hall–Kier alpha value is -1.56. The molecule has 0 aliphatic rings. The average Bonchev–Trinajstić information content (AvgIpc) is 2.16. The van der Waals surface area contributed by atoms with Crippen molar-refractivity contribution >= 4 is 11.9 Å². The van der Waals surface area contributed by atoms with E-state index in [-0.39, 0.29) is 11.3 Å². The van der Waals surface area contributed by atoms with Crippen molar-refractivity contribution in [2.24, 2.45) is 0 Å². The fourth-order valence-corrected chi connectivity index (χ4v) is 0.389. The number of hydrogen-bond donors (Lipinski definition) is 4. The molecule has 0 amide bonds. The van der Waals surface area contributed by atoms with Gasteiger partial charge in [-0.3, -0.25) is 0 Å². The lowest BCUT2D eigenvalue weighted by Crippen LogP contribution is -2.13. The molecule has 0 aliphatic heterocycles. The van der Waals surface area contributed by atoms with Crippen LogP contribution in [0.2, 0.25) is 0 Å². The molecule has 0 bridgehead atoms. The van der Waals surface area contributed by atoms with Gasteiger partial charge in [-0.1, -0.05) is 6.92 Å². The van der Waals surface area contributed by atoms with Crippen LogP contribution in [0, 0.1) is 0 Å². The van der Waals surface area contributed by atoms with E-state index >= 15 is 0 Å². The van der Waals surface area contributed by atoms with Crippen LogP contribution in [-0.4, -0.2) is 38.5 Å². The molecule has 0 saturated heterocycles. The van der Waals surface area contributed by atoms with Crippen molar-refractivity contribution in [3.05, 3.63) is 11.3 Å². The molecule has 6 nitrogen and oxygen atoms in total. The van der Waals surface area contributed by atoms with Crippen LogP contribution < -0.4 is 0 Å². The summed E-state index contributed by atoms with van der Waals surface area (Å²) in [5, 5.41) is 32.8. The fraction of sp³-hybridized carbons (Fsp3) is 0.556. The summed E-state index contributed by atoms with van der Waals surface area (Å²) in [7, 11) is 0. The Morgan fingerprint density at radius 1 is 1.20 bits per heavy atom. The van der Waals surface area contributed by atoms with Gasteiger partial charge in [-0.2, -0.15) is 0 Å². The van der Waals surface area contributed by atoms with Crippen molar-refractivity contribution in [2.75, 3.05) is 0 Å². The van der Waals surface area contributed by atoms with Gasteiger partial charge in [0.2, 0.25) is 0 Å². The molecule has 88 valence electrons. The summed E-state index contributed by atoms with van der Waals surface area (Å²) in [5.41, 5.74) is 0.0255. The second kappa shape index (κ2) is 7.81. The largest absolute Gasteiger partial charge is 0.512 e. The van der Waals surface area contributed by atoms with Crippen LogP contribution in [0.5, 0.6) is 0 Å². The molecule has 0 aromatic carbocycles. The molecule has 0 aliphatic carbocycles. The molecule has 0 saturated carbocycles. The normalized spacial score (nSPS) is 13.1. The first kappa shape index (κ1) is 15.9. The van der Waals surface area contributed by atoms with Crippen molar-refractivity contribution in [3.8, 4) is 0 Å². The van der Waals surface area contributed by atoms with Gasteiger partial charge in [0.25, 0.3) is 0 Å². The molecule has 1 unspecified atom stereocenters. The van der Waals surface area contributed by atoms with Crippen LogP contribution in [0.3, 0.4) is 0 Å². The van der Waals surface area contributed by atoms with Gasteiger partial charge in [-0.15, -0.1) is 0 Å². The van der Waals surface area contributed by atoms with Crippen LogP contribution in [-0.2, 0) is 9.59 Å². The number of carboxylic acids is 2. The van der Waals surface area contributed by atoms with E-state index in [0.717, 1.165) is 0 Å². The summed E-state index contributed by atoms with van der Waals surface area (Å²) in [5.74, 6) is -2.30. The van der Waals surface area contributed by atoms with Crippen molar-refractivity contribution in [2.45, 2.75) is 33.3 Å². The van der Waals surface area contributed by atoms with Gasteiger partial charge in [-0.05, 0) is 13.8 Å². The predicted molar refractivity (Wildman–Crippen MR) is 52.6 cm³/mol. The number of rotatable bonds is 3. The van der Waals surface area contributed by atoms with Gasteiger partial charge in [0, 0.05) is 6.42 Å². The zero-order chi connectivity index (χ0) is 12.6. The molecule has 0 radical (unpaired) electrons. The molecule has 15 heavy (non-hydrogen) atoms. The summed E-state index contributed by atoms with van der Waals surface area (Å²) >= 11 is 0. The number of aliphatic hydroxyl groups is 2. The highest BCUT2D eigenvalue weighted by Crippen LogP contribution is 2.03. The summed E-state index contributed by atoms with van der Waals surface area (Å²) in [4.78, 5) is 19.5. The highest BCUT2D eigenvalue weighted by atomic mass is 16.4. The van der Waals surface area contributed by atoms with E-state index in [4.69, 9.17) is 20.4 Å². The van der Waals surface area contributed by atoms with Gasteiger partial charge in [0.05, 0.1) is 5.57 Å². The Labute approximate surface area is 87.5 Å². The molecule has 0 spiro atoms. The van der Waals surface area contributed by atoms with Crippen LogP contribution in [0.15, 0.2) is 11.3 Å². The Balaban J connectivity index is 0. The molecule has 1 atom stereocenters. The van der Waals surface area contributed by atoms with Crippen molar-refractivity contribution < 1.29 is 30.0 Å². The summed E-state index contributed by atoms with van der Waals surface area (Å²) in [6.07, 6.45) is -0.858. The number of aliphatic carboxylic acids is 2. The second-order valence-corrected chi connectivity index (χ2v) is 2.74. The minimum atomic E-state index is -1.23. The first-order valence-electron chi connectivity index (χ1n) is 4.26. The standard InChI is InChI=1S/C6H10O3.C3H6O3/c1-3-5(7)4(2)6(8)9;1-2(4)3(5)6/h7H,3H2,1-2H3,(H,8,9);2,4H,1H3,(H,5,6). The monoisotopic (exact) mass is 220 g/mol. The lowest BCUT2D eigenvalue weighted by Gasteiger charge is -1.95. The van der Waals surface area contributed by atoms with Crippen LogP contribution in [0.1, 0.15) is 27.2 Å². The topological polar surface area (TPSA) is 115 Å². The first-order valence-corrected chi connectivity index (χ1v) is 4.26. The van der Waals surface area contributed by atoms with Gasteiger partial charge in [-0.25, -0.2) is 9.59 Å². The summed E-state index contributed by atoms with van der Waals surface area (Å²) in [6, 6.07) is 0. The third kappa shape index (κ3) is 8.76. The van der Waals surface area contributed by atoms with Crippen molar-refractivity contribution in [1.82, 2.24) is 0 Å². The van der Waals surface area contributed by atoms with E-state index in [2.05, 4.69) is 0 Å². The van der Waals surface area contributed by atoms with Gasteiger partial charge in [0.1, 0.15) is 11.9 Å². The Morgan fingerprint density at radius 3 is 1.60 bits per heavy atom. The summed E-state index contributed by atoms with van der Waals surface area (Å²) < 4.78 is 0. The van der Waals surface area contributed by atoms with Crippen molar-refractivity contribution in [1.29, 1.82) is 0 Å². The van der Waals surface area contributed by atoms with E-state index in [1.165, 1.54) is 13.8 Å². The van der Waals surface area contributed by atoms with Crippen molar-refractivity contribution in [3.63, 3.8) is 0 Å². The predicted octanol–water partition coefficient (Wildman–Crippen LogP) is 0.765. The third-order valence-corrected chi connectivity index (χ3v) is 1.45. The summed E-state index contributed by atoms with van der Waals surface area (Å²) in [6.45, 7) is 4.27. The third-order valence-electron chi connectivity index (χ3n) is 1.45. The molecule has 4 N–H and O–H groups in total. The number of hydrogen-bond acceptors (Lipinski definition) is 4. The SMILES string of the molecule is CC(O)C(=O)O.CCC(O)=C(C)C(=O)O. The maximum absolute atomic E-state index is 10.1. The fourth-order valence-electron chi connectivity index (χ4n) is 0.389.